The van der Waals surface area contributed by atoms with Crippen molar-refractivity contribution in [3.63, 3.8) is 0 Å². The van der Waals surface area contributed by atoms with E-state index in [0.29, 0.717) is 48.4 Å². The van der Waals surface area contributed by atoms with Crippen LogP contribution in [0.25, 0.3) is 22.2 Å². The van der Waals surface area contributed by atoms with Crippen LogP contribution in [0.4, 0.5) is 5.82 Å². The van der Waals surface area contributed by atoms with E-state index >= 15 is 0 Å². The predicted molar refractivity (Wildman–Crippen MR) is 133 cm³/mol. The van der Waals surface area contributed by atoms with Crippen LogP contribution < -0.4 is 19.5 Å². The van der Waals surface area contributed by atoms with Gasteiger partial charge in [-0.2, -0.15) is 5.26 Å². The minimum atomic E-state index is -1.07. The van der Waals surface area contributed by atoms with Gasteiger partial charge < -0.3 is 29.2 Å². The topological polar surface area (TPSA) is 132 Å². The van der Waals surface area contributed by atoms with Gasteiger partial charge in [-0.1, -0.05) is 6.07 Å². The number of carbonyl (C=O) groups is 1. The number of nitriles is 1. The van der Waals surface area contributed by atoms with Gasteiger partial charge in [0.2, 0.25) is 0 Å². The summed E-state index contributed by atoms with van der Waals surface area (Å²) in [6, 6.07) is 16.8. The zero-order valence-corrected chi connectivity index (χ0v) is 19.9. The molecule has 10 nitrogen and oxygen atoms in total. The molecule has 0 amide bonds. The summed E-state index contributed by atoms with van der Waals surface area (Å²) in [6.45, 7) is 2.84. The van der Waals surface area contributed by atoms with Crippen molar-refractivity contribution in [2.24, 2.45) is 0 Å². The van der Waals surface area contributed by atoms with E-state index in [1.54, 1.807) is 25.3 Å². The van der Waals surface area contributed by atoms with Crippen molar-refractivity contribution in [2.45, 2.75) is 13.5 Å². The first-order valence-corrected chi connectivity index (χ1v) is 11.3. The fraction of sp³-hybridized carbons (Fsp3) is 0.231. The van der Waals surface area contributed by atoms with E-state index in [1.165, 1.54) is 6.33 Å². The Kier molecular flexibility index (Phi) is 7.51. The summed E-state index contributed by atoms with van der Waals surface area (Å²) in [7, 11) is 1.61. The molecule has 0 spiro atoms. The zero-order chi connectivity index (χ0) is 25.5. The highest BCUT2D eigenvalue weighted by Gasteiger charge is 2.13. The van der Waals surface area contributed by atoms with Gasteiger partial charge in [-0.05, 0) is 43.3 Å². The maximum absolute atomic E-state index is 10.8. The largest absolute Gasteiger partial charge is 0.496 e. The Morgan fingerprint density at radius 3 is 2.72 bits per heavy atom. The number of nitrogens with one attached hydrogen (secondary N) is 1. The van der Waals surface area contributed by atoms with Crippen LogP contribution in [0.5, 0.6) is 17.2 Å². The number of hydrogen-bond donors (Lipinski definition) is 2. The number of carboxylic acids is 1. The average molecular weight is 488 g/mol. The van der Waals surface area contributed by atoms with Gasteiger partial charge in [0, 0.05) is 30.1 Å². The summed E-state index contributed by atoms with van der Waals surface area (Å²) in [5.74, 6) is 1.06. The molecular weight excluding hydrogens is 462 g/mol. The molecule has 0 bridgehead atoms. The Labute approximate surface area is 207 Å². The molecule has 2 aromatic carbocycles. The van der Waals surface area contributed by atoms with Crippen molar-refractivity contribution in [1.82, 2.24) is 14.5 Å². The second kappa shape index (κ2) is 11.1. The third kappa shape index (κ3) is 5.31. The van der Waals surface area contributed by atoms with Crippen molar-refractivity contribution in [3.8, 4) is 34.6 Å². The molecule has 0 aliphatic heterocycles. The molecule has 0 aliphatic carbocycles. The molecule has 0 saturated heterocycles. The van der Waals surface area contributed by atoms with Gasteiger partial charge in [0.25, 0.3) is 0 Å². The molecule has 4 rings (SSSR count). The molecule has 0 aliphatic rings. The van der Waals surface area contributed by atoms with Gasteiger partial charge in [-0.15, -0.1) is 0 Å². The van der Waals surface area contributed by atoms with E-state index in [-0.39, 0.29) is 0 Å². The first-order chi connectivity index (χ1) is 17.5. The summed E-state index contributed by atoms with van der Waals surface area (Å²) >= 11 is 0. The molecule has 36 heavy (non-hydrogen) atoms. The molecule has 2 aromatic heterocycles. The fourth-order valence-electron chi connectivity index (χ4n) is 3.87. The van der Waals surface area contributed by atoms with E-state index in [0.717, 1.165) is 22.2 Å². The Hall–Kier alpha value is -4.78. The third-order valence-corrected chi connectivity index (χ3v) is 5.44. The van der Waals surface area contributed by atoms with Gasteiger partial charge in [0.15, 0.2) is 18.1 Å². The van der Waals surface area contributed by atoms with Crippen LogP contribution >= 0.6 is 0 Å². The Balaban J connectivity index is 1.50. The van der Waals surface area contributed by atoms with Crippen molar-refractivity contribution < 1.29 is 24.1 Å². The molecule has 0 unspecified atom stereocenters. The highest BCUT2D eigenvalue weighted by molar-refractivity contribution is 5.88. The summed E-state index contributed by atoms with van der Waals surface area (Å²) in [4.78, 5) is 19.5. The van der Waals surface area contributed by atoms with Crippen LogP contribution in [0, 0.1) is 11.3 Å². The molecule has 10 heteroatoms. The molecule has 184 valence electrons. The number of aromatic nitrogens is 3. The molecule has 0 radical (unpaired) electrons. The number of ether oxygens (including phenoxy) is 3. The van der Waals surface area contributed by atoms with Crippen LogP contribution in [-0.4, -0.2) is 52.5 Å². The Bertz CT molecular complexity index is 1430. The minimum Gasteiger partial charge on any atom is -0.496 e. The second-order valence-electron chi connectivity index (χ2n) is 7.68. The number of hydrogen-bond acceptors (Lipinski definition) is 8. The molecule has 0 fully saturated rings. The van der Waals surface area contributed by atoms with Crippen LogP contribution in [0.2, 0.25) is 0 Å². The number of carboxylic acid groups (broad SMARTS) is 1. The molecule has 2 heterocycles. The number of nitrogens with zero attached hydrogens (tertiary/aromatic N) is 4. The lowest BCUT2D eigenvalue weighted by atomic mass is 10.1. The number of rotatable bonds is 11. The monoisotopic (exact) mass is 487 g/mol. The van der Waals surface area contributed by atoms with Gasteiger partial charge in [-0.3, -0.25) is 0 Å². The third-order valence-electron chi connectivity index (χ3n) is 5.44. The SMILES string of the molecule is CCOc1cc(-c2cc(NCCn3c(C#N)cc4c(OC)cccc43)ncn2)ccc1OCC(=O)O. The normalized spacial score (nSPS) is 10.6. The van der Waals surface area contributed by atoms with E-state index in [9.17, 15) is 10.1 Å². The van der Waals surface area contributed by atoms with Crippen molar-refractivity contribution >= 4 is 22.7 Å². The lowest BCUT2D eigenvalue weighted by Gasteiger charge is -2.13. The number of anilines is 1. The van der Waals surface area contributed by atoms with Crippen molar-refractivity contribution in [3.05, 3.63) is 60.6 Å². The number of aliphatic carboxylic acids is 1. The molecule has 0 atom stereocenters. The predicted octanol–water partition coefficient (Wildman–Crippen LogP) is 3.95. The highest BCUT2D eigenvalue weighted by Crippen LogP contribution is 2.33. The van der Waals surface area contributed by atoms with E-state index < -0.39 is 12.6 Å². The molecule has 4 aromatic rings. The van der Waals surface area contributed by atoms with Gasteiger partial charge in [0.05, 0.1) is 24.9 Å². The van der Waals surface area contributed by atoms with Crippen LogP contribution in [0.3, 0.4) is 0 Å². The second-order valence-corrected chi connectivity index (χ2v) is 7.68. The smallest absolute Gasteiger partial charge is 0.341 e. The fourth-order valence-corrected chi connectivity index (χ4v) is 3.87. The lowest BCUT2D eigenvalue weighted by Crippen LogP contribution is -2.12. The van der Waals surface area contributed by atoms with Crippen molar-refractivity contribution in [2.75, 3.05) is 32.2 Å². The highest BCUT2D eigenvalue weighted by atomic mass is 16.5. The number of methoxy groups -OCH3 is 1. The van der Waals surface area contributed by atoms with Gasteiger partial charge in [-0.25, -0.2) is 14.8 Å². The number of benzene rings is 2. The van der Waals surface area contributed by atoms with Crippen LogP contribution in [0.1, 0.15) is 12.6 Å². The number of fused-ring (bicyclic) bond motifs is 1. The molecular formula is C26H25N5O5. The maximum atomic E-state index is 10.8. The Morgan fingerprint density at radius 1 is 1.11 bits per heavy atom. The Morgan fingerprint density at radius 2 is 1.97 bits per heavy atom. The summed E-state index contributed by atoms with van der Waals surface area (Å²) < 4.78 is 18.3. The first-order valence-electron chi connectivity index (χ1n) is 11.3. The van der Waals surface area contributed by atoms with Gasteiger partial charge >= 0.3 is 5.97 Å². The lowest BCUT2D eigenvalue weighted by molar-refractivity contribution is -0.139. The summed E-state index contributed by atoms with van der Waals surface area (Å²) in [5, 5.41) is 22.7. The van der Waals surface area contributed by atoms with Gasteiger partial charge in [0.1, 0.15) is 29.7 Å². The molecule has 0 saturated carbocycles. The summed E-state index contributed by atoms with van der Waals surface area (Å²) in [5.41, 5.74) is 2.90. The standard InChI is InChI=1S/C26H25N5O5/c1-3-35-24-11-17(7-8-23(24)36-15-26(32)33)20-13-25(30-16-29-20)28-9-10-31-18(14-27)12-19-21(31)5-4-6-22(19)34-2/h4-8,11-13,16H,3,9-10,15H2,1-2H3,(H,32,33)(H,28,29,30). The van der Waals surface area contributed by atoms with E-state index in [1.807, 2.05) is 41.8 Å². The zero-order valence-electron chi connectivity index (χ0n) is 19.9. The van der Waals surface area contributed by atoms with Crippen molar-refractivity contribution in [1.29, 1.82) is 5.26 Å². The van der Waals surface area contributed by atoms with E-state index in [2.05, 4.69) is 21.4 Å². The average Bonchev–Trinajstić information content (AvgIpc) is 3.26. The molecule has 2 N–H and O–H groups in total. The van der Waals surface area contributed by atoms with Crippen LogP contribution in [-0.2, 0) is 11.3 Å². The van der Waals surface area contributed by atoms with E-state index in [4.69, 9.17) is 19.3 Å². The quantitative estimate of drug-likeness (QED) is 0.323. The van der Waals surface area contributed by atoms with Crippen LogP contribution in [0.15, 0.2) is 54.9 Å². The first kappa shape index (κ1) is 24.3. The maximum Gasteiger partial charge on any atom is 0.341 e. The summed E-state index contributed by atoms with van der Waals surface area (Å²) in [6.07, 6.45) is 1.46. The minimum absolute atomic E-state index is 0.347.